The minimum absolute atomic E-state index is 0.0324. The third-order valence-electron chi connectivity index (χ3n) is 2.64. The summed E-state index contributed by atoms with van der Waals surface area (Å²) in [5.74, 6) is 0.275. The fraction of sp³-hybridized carbons (Fsp3) is 0.250. The Labute approximate surface area is 184 Å². The minimum atomic E-state index is -3.96. The second-order valence-electron chi connectivity index (χ2n) is 5.01. The molecule has 0 aliphatic carbocycles. The van der Waals surface area contributed by atoms with Gasteiger partial charge in [0.05, 0.1) is 13.2 Å². The molecule has 0 aliphatic rings. The number of benzene rings is 2. The van der Waals surface area contributed by atoms with Crippen molar-refractivity contribution < 1.29 is 42.0 Å². The molecular formula is C16H22N2O10S3. The molecule has 0 aromatic heterocycles. The Balaban J connectivity index is 0.000000516. The van der Waals surface area contributed by atoms with Gasteiger partial charge in [-0.2, -0.15) is 25.3 Å². The molecule has 0 bridgehead atoms. The quantitative estimate of drug-likeness (QED) is 0.495. The summed E-state index contributed by atoms with van der Waals surface area (Å²) in [6, 6.07) is 12.2. The molecular weight excluding hydrogens is 476 g/mol. The highest BCUT2D eigenvalue weighted by Crippen LogP contribution is 2.17. The van der Waals surface area contributed by atoms with E-state index in [1.54, 1.807) is 38.1 Å². The topological polar surface area (TPSA) is 191 Å². The number of hydrogen-bond acceptors (Lipinski definition) is 12. The summed E-state index contributed by atoms with van der Waals surface area (Å²) >= 11 is -0.750. The molecule has 0 aliphatic heterocycles. The van der Waals surface area contributed by atoms with Crippen molar-refractivity contribution in [2.24, 2.45) is 0 Å². The van der Waals surface area contributed by atoms with E-state index in [4.69, 9.17) is 19.9 Å². The van der Waals surface area contributed by atoms with Gasteiger partial charge in [-0.1, -0.05) is 12.1 Å². The lowest BCUT2D eigenvalue weighted by Gasteiger charge is -2.05. The SMILES string of the molecule is CCOS(=O)(=O)Oc1cccc(N)c1.CCOS(=O)(=O)Oc1cccc(N)c1.O=S=O. The molecule has 0 heterocycles. The first-order chi connectivity index (χ1) is 14.5. The summed E-state index contributed by atoms with van der Waals surface area (Å²) < 4.78 is 78.6. The van der Waals surface area contributed by atoms with Crippen molar-refractivity contribution in [1.29, 1.82) is 0 Å². The summed E-state index contributed by atoms with van der Waals surface area (Å²) in [4.78, 5) is 0. The Morgan fingerprint density at radius 1 is 0.742 bits per heavy atom. The Bertz CT molecular complexity index is 973. The zero-order valence-electron chi connectivity index (χ0n) is 16.5. The molecule has 0 fully saturated rings. The molecule has 0 saturated heterocycles. The largest absolute Gasteiger partial charge is 0.449 e. The van der Waals surface area contributed by atoms with Gasteiger partial charge >= 0.3 is 32.4 Å². The summed E-state index contributed by atoms with van der Waals surface area (Å²) in [6.07, 6.45) is 0. The number of nitrogen functional groups attached to an aromatic ring is 2. The molecule has 2 rings (SSSR count). The van der Waals surface area contributed by atoms with Crippen molar-refractivity contribution in [1.82, 2.24) is 0 Å². The number of hydrogen-bond donors (Lipinski definition) is 2. The van der Waals surface area contributed by atoms with Crippen LogP contribution in [0.4, 0.5) is 11.4 Å². The van der Waals surface area contributed by atoms with E-state index in [-0.39, 0.29) is 24.7 Å². The van der Waals surface area contributed by atoms with Crippen LogP contribution in [0.2, 0.25) is 0 Å². The molecule has 4 N–H and O–H groups in total. The van der Waals surface area contributed by atoms with Gasteiger partial charge in [-0.05, 0) is 38.1 Å². The molecule has 0 unspecified atom stereocenters. The molecule has 174 valence electrons. The van der Waals surface area contributed by atoms with E-state index in [0.717, 1.165) is 0 Å². The number of nitrogens with two attached hydrogens (primary N) is 2. The fourth-order valence-electron chi connectivity index (χ4n) is 1.71. The van der Waals surface area contributed by atoms with Gasteiger partial charge in [0.1, 0.15) is 11.5 Å². The summed E-state index contributed by atoms with van der Waals surface area (Å²) in [5, 5.41) is 0. The van der Waals surface area contributed by atoms with Gasteiger partial charge < -0.3 is 19.8 Å². The van der Waals surface area contributed by atoms with Crippen LogP contribution in [0.5, 0.6) is 11.5 Å². The van der Waals surface area contributed by atoms with Gasteiger partial charge in [0.25, 0.3) is 0 Å². The normalized spacial score (nSPS) is 10.5. The molecule has 15 heteroatoms. The first-order valence-electron chi connectivity index (χ1n) is 8.29. The van der Waals surface area contributed by atoms with Gasteiger partial charge in [0.15, 0.2) is 0 Å². The first-order valence-corrected chi connectivity index (χ1v) is 11.6. The van der Waals surface area contributed by atoms with Crippen LogP contribution in [0.3, 0.4) is 0 Å². The predicted octanol–water partition coefficient (Wildman–Crippen LogP) is 1.19. The van der Waals surface area contributed by atoms with Crippen molar-refractivity contribution in [2.75, 3.05) is 24.7 Å². The smallest absolute Gasteiger partial charge is 0.399 e. The van der Waals surface area contributed by atoms with E-state index in [1.807, 2.05) is 0 Å². The highest BCUT2D eigenvalue weighted by molar-refractivity contribution is 7.82. The molecule has 0 radical (unpaired) electrons. The third kappa shape index (κ3) is 14.0. The highest BCUT2D eigenvalue weighted by atomic mass is 32.3. The van der Waals surface area contributed by atoms with E-state index < -0.39 is 32.4 Å². The lowest BCUT2D eigenvalue weighted by molar-refractivity contribution is 0.286. The van der Waals surface area contributed by atoms with Crippen molar-refractivity contribution in [2.45, 2.75) is 13.8 Å². The van der Waals surface area contributed by atoms with E-state index in [9.17, 15) is 16.8 Å². The van der Waals surface area contributed by atoms with Crippen molar-refractivity contribution >= 4 is 43.7 Å². The van der Waals surface area contributed by atoms with Crippen molar-refractivity contribution in [3.63, 3.8) is 0 Å². The Morgan fingerprint density at radius 2 is 1.06 bits per heavy atom. The van der Waals surface area contributed by atoms with Gasteiger partial charge in [0, 0.05) is 23.5 Å². The molecule has 2 aromatic carbocycles. The van der Waals surface area contributed by atoms with Crippen LogP contribution in [-0.4, -0.2) is 38.5 Å². The minimum Gasteiger partial charge on any atom is -0.399 e. The fourth-order valence-corrected chi connectivity index (χ4v) is 3.06. The van der Waals surface area contributed by atoms with E-state index in [2.05, 4.69) is 16.7 Å². The van der Waals surface area contributed by atoms with Crippen LogP contribution in [-0.2, 0) is 40.7 Å². The van der Waals surface area contributed by atoms with Crippen molar-refractivity contribution in [3.8, 4) is 11.5 Å². The van der Waals surface area contributed by atoms with Crippen LogP contribution in [0.1, 0.15) is 13.8 Å². The number of anilines is 2. The lowest BCUT2D eigenvalue weighted by atomic mass is 10.3. The summed E-state index contributed by atoms with van der Waals surface area (Å²) in [5.41, 5.74) is 11.7. The Morgan fingerprint density at radius 3 is 1.32 bits per heavy atom. The molecule has 12 nitrogen and oxygen atoms in total. The molecule has 0 amide bonds. The van der Waals surface area contributed by atoms with Crippen LogP contribution < -0.4 is 19.8 Å². The maximum atomic E-state index is 11.0. The Kier molecular flexibility index (Phi) is 13.1. The van der Waals surface area contributed by atoms with Crippen LogP contribution in [0.15, 0.2) is 48.5 Å². The van der Waals surface area contributed by atoms with Crippen LogP contribution in [0.25, 0.3) is 0 Å². The zero-order valence-corrected chi connectivity index (χ0v) is 18.9. The van der Waals surface area contributed by atoms with E-state index in [1.165, 1.54) is 24.3 Å². The van der Waals surface area contributed by atoms with E-state index in [0.29, 0.717) is 11.4 Å². The molecule has 0 saturated carbocycles. The van der Waals surface area contributed by atoms with Crippen LogP contribution >= 0.6 is 0 Å². The monoisotopic (exact) mass is 498 g/mol. The van der Waals surface area contributed by atoms with Gasteiger partial charge in [0.2, 0.25) is 0 Å². The molecule has 0 atom stereocenters. The van der Waals surface area contributed by atoms with Crippen LogP contribution in [0, 0.1) is 0 Å². The van der Waals surface area contributed by atoms with Gasteiger partial charge in [-0.3, -0.25) is 0 Å². The Hall–Kier alpha value is -2.72. The van der Waals surface area contributed by atoms with Gasteiger partial charge in [-0.25, -0.2) is 8.37 Å². The second-order valence-corrected chi connectivity index (χ2v) is 7.58. The first kappa shape index (κ1) is 28.3. The highest BCUT2D eigenvalue weighted by Gasteiger charge is 2.12. The molecule has 2 aromatic rings. The van der Waals surface area contributed by atoms with Gasteiger partial charge in [-0.15, -0.1) is 0 Å². The predicted molar refractivity (Wildman–Crippen MR) is 113 cm³/mol. The zero-order chi connectivity index (χ0) is 23.9. The number of rotatable bonds is 8. The summed E-state index contributed by atoms with van der Waals surface area (Å²) in [7, 11) is -7.91. The maximum absolute atomic E-state index is 11.0. The molecule has 0 spiro atoms. The third-order valence-corrected chi connectivity index (χ3v) is 4.48. The average molecular weight is 499 g/mol. The average Bonchev–Trinajstić information content (AvgIpc) is 2.62. The standard InChI is InChI=1S/2C8H11NO4S.O2S/c2*1-2-12-14(10,11)13-8-5-3-4-7(9)6-8;1-3-2/h2*3-6H,2,9H2,1H3;. The second kappa shape index (κ2) is 14.3. The van der Waals surface area contributed by atoms with Crippen molar-refractivity contribution in [3.05, 3.63) is 48.5 Å². The van der Waals surface area contributed by atoms with E-state index >= 15 is 0 Å². The maximum Gasteiger partial charge on any atom is 0.449 e. The lowest BCUT2D eigenvalue weighted by Crippen LogP contribution is -2.12. The summed E-state index contributed by atoms with van der Waals surface area (Å²) in [6.45, 7) is 3.18. The molecule has 31 heavy (non-hydrogen) atoms.